The highest BCUT2D eigenvalue weighted by Gasteiger charge is 2.21. The summed E-state index contributed by atoms with van der Waals surface area (Å²) < 4.78 is 1.10. The number of fused-ring (bicyclic) bond motifs is 1. The van der Waals surface area contributed by atoms with E-state index >= 15 is 0 Å². The number of amides is 1. The van der Waals surface area contributed by atoms with E-state index in [1.54, 1.807) is 16.2 Å². The van der Waals surface area contributed by atoms with Gasteiger partial charge in [-0.3, -0.25) is 9.69 Å². The fourth-order valence-electron chi connectivity index (χ4n) is 3.01. The summed E-state index contributed by atoms with van der Waals surface area (Å²) >= 11 is 1.56. The molecular weight excluding hydrogens is 352 g/mol. The summed E-state index contributed by atoms with van der Waals surface area (Å²) in [6.07, 6.45) is 0. The van der Waals surface area contributed by atoms with Gasteiger partial charge in [0.05, 0.1) is 16.8 Å². The van der Waals surface area contributed by atoms with Crippen molar-refractivity contribution < 1.29 is 4.79 Å². The molecule has 0 bridgehead atoms. The molecule has 3 nitrogen and oxygen atoms in total. The van der Waals surface area contributed by atoms with E-state index in [1.165, 1.54) is 11.1 Å². The molecule has 134 valence electrons. The van der Waals surface area contributed by atoms with Crippen molar-refractivity contribution in [1.82, 2.24) is 4.98 Å². The molecule has 0 aliphatic rings. The molecule has 0 spiro atoms. The molecule has 0 atom stereocenters. The maximum atomic E-state index is 13.3. The summed E-state index contributed by atoms with van der Waals surface area (Å²) in [7, 11) is 0. The summed E-state index contributed by atoms with van der Waals surface area (Å²) in [4.78, 5) is 19.8. The molecule has 1 heterocycles. The standard InChI is InChI=1S/C23H20N2OS/c1-16-13-20-21(14-17(16)2)27-23(24-20)25(15-18-9-5-3-6-10-18)22(26)19-11-7-4-8-12-19/h3-14H,15H2,1-2H3. The summed E-state index contributed by atoms with van der Waals surface area (Å²) in [5.74, 6) is -0.0352. The van der Waals surface area contributed by atoms with Gasteiger partial charge in [0.25, 0.3) is 5.91 Å². The number of anilines is 1. The fraction of sp³-hybridized carbons (Fsp3) is 0.130. The van der Waals surface area contributed by atoms with Crippen LogP contribution in [0, 0.1) is 13.8 Å². The lowest BCUT2D eigenvalue weighted by Gasteiger charge is -2.20. The van der Waals surface area contributed by atoms with Gasteiger partial charge in [-0.15, -0.1) is 0 Å². The van der Waals surface area contributed by atoms with Gasteiger partial charge in [0.1, 0.15) is 0 Å². The Balaban J connectivity index is 1.78. The highest BCUT2D eigenvalue weighted by atomic mass is 32.1. The third-order valence-corrected chi connectivity index (χ3v) is 5.71. The van der Waals surface area contributed by atoms with Crippen molar-refractivity contribution in [2.75, 3.05) is 4.90 Å². The lowest BCUT2D eigenvalue weighted by molar-refractivity contribution is 0.0985. The normalized spacial score (nSPS) is 10.9. The molecule has 0 saturated heterocycles. The zero-order valence-corrected chi connectivity index (χ0v) is 16.2. The second-order valence-corrected chi connectivity index (χ2v) is 7.65. The van der Waals surface area contributed by atoms with Crippen LogP contribution in [0.1, 0.15) is 27.0 Å². The Morgan fingerprint density at radius 2 is 1.56 bits per heavy atom. The van der Waals surface area contributed by atoms with Gasteiger partial charge in [0, 0.05) is 5.56 Å². The van der Waals surface area contributed by atoms with Crippen molar-refractivity contribution in [3.63, 3.8) is 0 Å². The van der Waals surface area contributed by atoms with Gasteiger partial charge in [-0.25, -0.2) is 4.98 Å². The number of thiazole rings is 1. The van der Waals surface area contributed by atoms with Crippen LogP contribution in [0.5, 0.6) is 0 Å². The highest BCUT2D eigenvalue weighted by molar-refractivity contribution is 7.22. The number of aryl methyl sites for hydroxylation is 2. The molecule has 0 aliphatic heterocycles. The predicted octanol–water partition coefficient (Wildman–Crippen LogP) is 5.76. The number of carbonyl (C=O) groups excluding carboxylic acids is 1. The first-order chi connectivity index (χ1) is 13.1. The Kier molecular flexibility index (Phi) is 4.73. The Morgan fingerprint density at radius 3 is 2.26 bits per heavy atom. The van der Waals surface area contributed by atoms with Crippen molar-refractivity contribution in [2.45, 2.75) is 20.4 Å². The number of hydrogen-bond acceptors (Lipinski definition) is 3. The Morgan fingerprint density at radius 1 is 0.926 bits per heavy atom. The molecule has 0 radical (unpaired) electrons. The van der Waals surface area contributed by atoms with Crippen LogP contribution < -0.4 is 4.90 Å². The summed E-state index contributed by atoms with van der Waals surface area (Å²) in [5, 5.41) is 0.729. The Hall–Kier alpha value is -2.98. The van der Waals surface area contributed by atoms with Crippen molar-refractivity contribution >= 4 is 32.6 Å². The molecular formula is C23H20N2OS. The van der Waals surface area contributed by atoms with Crippen LogP contribution in [0.4, 0.5) is 5.13 Å². The molecule has 0 fully saturated rings. The number of carbonyl (C=O) groups is 1. The molecule has 1 amide bonds. The number of rotatable bonds is 4. The van der Waals surface area contributed by atoms with Crippen LogP contribution >= 0.6 is 11.3 Å². The van der Waals surface area contributed by atoms with Crippen LogP contribution in [-0.4, -0.2) is 10.9 Å². The molecule has 27 heavy (non-hydrogen) atoms. The zero-order chi connectivity index (χ0) is 18.8. The lowest BCUT2D eigenvalue weighted by Crippen LogP contribution is -2.30. The fourth-order valence-corrected chi connectivity index (χ4v) is 4.06. The molecule has 4 aromatic rings. The minimum atomic E-state index is -0.0352. The second kappa shape index (κ2) is 7.33. The zero-order valence-electron chi connectivity index (χ0n) is 15.3. The van der Waals surface area contributed by atoms with Gasteiger partial charge in [-0.2, -0.15) is 0 Å². The monoisotopic (exact) mass is 372 g/mol. The third kappa shape index (κ3) is 3.62. The van der Waals surface area contributed by atoms with Crippen molar-refractivity contribution in [3.05, 3.63) is 95.1 Å². The average molecular weight is 372 g/mol. The van der Waals surface area contributed by atoms with E-state index in [9.17, 15) is 4.79 Å². The molecule has 0 N–H and O–H groups in total. The van der Waals surface area contributed by atoms with Gasteiger partial charge in [-0.05, 0) is 54.8 Å². The van der Waals surface area contributed by atoms with Crippen LogP contribution in [0.15, 0.2) is 72.8 Å². The summed E-state index contributed by atoms with van der Waals surface area (Å²) in [6, 6.07) is 23.7. The first kappa shape index (κ1) is 17.4. The predicted molar refractivity (Wildman–Crippen MR) is 112 cm³/mol. The van der Waals surface area contributed by atoms with E-state index in [4.69, 9.17) is 4.98 Å². The average Bonchev–Trinajstić information content (AvgIpc) is 3.10. The van der Waals surface area contributed by atoms with Crippen LogP contribution in [0.25, 0.3) is 10.2 Å². The second-order valence-electron chi connectivity index (χ2n) is 6.64. The molecule has 3 aromatic carbocycles. The van der Waals surface area contributed by atoms with Crippen molar-refractivity contribution in [3.8, 4) is 0 Å². The smallest absolute Gasteiger partial charge is 0.260 e. The quantitative estimate of drug-likeness (QED) is 0.456. The maximum Gasteiger partial charge on any atom is 0.260 e. The molecule has 4 heteroatoms. The van der Waals surface area contributed by atoms with Gasteiger partial charge in [-0.1, -0.05) is 59.9 Å². The first-order valence-corrected chi connectivity index (χ1v) is 9.72. The van der Waals surface area contributed by atoms with Gasteiger partial charge in [0.15, 0.2) is 5.13 Å². The van der Waals surface area contributed by atoms with Crippen molar-refractivity contribution in [1.29, 1.82) is 0 Å². The first-order valence-electron chi connectivity index (χ1n) is 8.90. The van der Waals surface area contributed by atoms with Gasteiger partial charge < -0.3 is 0 Å². The van der Waals surface area contributed by atoms with Crippen LogP contribution in [-0.2, 0) is 6.54 Å². The van der Waals surface area contributed by atoms with E-state index in [-0.39, 0.29) is 5.91 Å². The van der Waals surface area contributed by atoms with Gasteiger partial charge >= 0.3 is 0 Å². The minimum absolute atomic E-state index is 0.0352. The minimum Gasteiger partial charge on any atom is -0.279 e. The van der Waals surface area contributed by atoms with E-state index in [2.05, 4.69) is 26.0 Å². The van der Waals surface area contributed by atoms with E-state index in [0.29, 0.717) is 12.1 Å². The topological polar surface area (TPSA) is 33.2 Å². The lowest BCUT2D eigenvalue weighted by atomic mass is 10.1. The van der Waals surface area contributed by atoms with Gasteiger partial charge in [0.2, 0.25) is 0 Å². The number of benzene rings is 3. The van der Waals surface area contributed by atoms with E-state index in [1.807, 2.05) is 60.7 Å². The van der Waals surface area contributed by atoms with Crippen LogP contribution in [0.3, 0.4) is 0 Å². The summed E-state index contributed by atoms with van der Waals surface area (Å²) in [6.45, 7) is 4.68. The van der Waals surface area contributed by atoms with Crippen molar-refractivity contribution in [2.24, 2.45) is 0 Å². The van der Waals surface area contributed by atoms with E-state index < -0.39 is 0 Å². The third-order valence-electron chi connectivity index (χ3n) is 4.67. The molecule has 4 rings (SSSR count). The Bertz CT molecular complexity index is 1050. The molecule has 1 aromatic heterocycles. The van der Waals surface area contributed by atoms with Crippen LogP contribution in [0.2, 0.25) is 0 Å². The Labute approximate surface area is 162 Å². The molecule has 0 unspecified atom stereocenters. The summed E-state index contributed by atoms with van der Waals surface area (Å²) in [5.41, 5.74) is 5.13. The molecule has 0 aliphatic carbocycles. The maximum absolute atomic E-state index is 13.3. The number of nitrogens with zero attached hydrogens (tertiary/aromatic N) is 2. The number of hydrogen-bond donors (Lipinski definition) is 0. The molecule has 0 saturated carbocycles. The SMILES string of the molecule is Cc1cc2nc(N(Cc3ccccc3)C(=O)c3ccccc3)sc2cc1C. The highest BCUT2D eigenvalue weighted by Crippen LogP contribution is 2.32. The largest absolute Gasteiger partial charge is 0.279 e. The number of aromatic nitrogens is 1. The van der Waals surface area contributed by atoms with E-state index in [0.717, 1.165) is 20.9 Å².